The van der Waals surface area contributed by atoms with Gasteiger partial charge in [-0.3, -0.25) is 4.79 Å². The van der Waals surface area contributed by atoms with E-state index >= 15 is 0 Å². The van der Waals surface area contributed by atoms with E-state index in [1.807, 2.05) is 67.2 Å². The third kappa shape index (κ3) is 2.85. The van der Waals surface area contributed by atoms with Gasteiger partial charge in [-0.1, -0.05) is 50.2 Å². The van der Waals surface area contributed by atoms with E-state index in [0.717, 1.165) is 34.7 Å². The summed E-state index contributed by atoms with van der Waals surface area (Å²) in [6.45, 7) is 6.29. The Kier molecular flexibility index (Phi) is 4.14. The number of anilines is 1. The van der Waals surface area contributed by atoms with Gasteiger partial charge in [-0.2, -0.15) is 5.10 Å². The van der Waals surface area contributed by atoms with Crippen LogP contribution in [0.15, 0.2) is 60.7 Å². The molecule has 0 aliphatic heterocycles. The molecule has 138 valence electrons. The summed E-state index contributed by atoms with van der Waals surface area (Å²) in [5, 5.41) is 4.72. The fraction of sp³-hybridized carbons (Fsp3) is 0.304. The van der Waals surface area contributed by atoms with Crippen LogP contribution in [0.3, 0.4) is 0 Å². The summed E-state index contributed by atoms with van der Waals surface area (Å²) in [5.74, 6) is 0.160. The highest BCUT2D eigenvalue weighted by molar-refractivity contribution is 6.05. The predicted molar refractivity (Wildman–Crippen MR) is 109 cm³/mol. The molecule has 1 atom stereocenters. The molecule has 0 fully saturated rings. The number of likely N-dealkylation sites (N-methyl/N-ethyl adjacent to an activating group) is 1. The highest BCUT2D eigenvalue weighted by Crippen LogP contribution is 2.40. The van der Waals surface area contributed by atoms with Crippen molar-refractivity contribution in [2.24, 2.45) is 5.41 Å². The van der Waals surface area contributed by atoms with Crippen molar-refractivity contribution in [1.29, 1.82) is 0 Å². The number of aryl methyl sites for hydroxylation is 1. The zero-order chi connectivity index (χ0) is 19.2. The molecule has 1 aromatic heterocycles. The maximum absolute atomic E-state index is 13.6. The highest BCUT2D eigenvalue weighted by Gasteiger charge is 2.46. The summed E-state index contributed by atoms with van der Waals surface area (Å²) in [4.78, 5) is 15.7. The number of carbonyl (C=O) groups is 1. The van der Waals surface area contributed by atoms with Crippen LogP contribution in [0.5, 0.6) is 0 Å². The van der Waals surface area contributed by atoms with Gasteiger partial charge < -0.3 is 4.90 Å². The molecule has 0 saturated heterocycles. The summed E-state index contributed by atoms with van der Waals surface area (Å²) in [5.41, 5.74) is 4.45. The zero-order valence-electron chi connectivity index (χ0n) is 16.3. The first-order valence-electron chi connectivity index (χ1n) is 9.36. The van der Waals surface area contributed by atoms with E-state index in [4.69, 9.17) is 5.10 Å². The van der Waals surface area contributed by atoms with E-state index < -0.39 is 0 Å². The monoisotopic (exact) mass is 359 g/mol. The van der Waals surface area contributed by atoms with Crippen LogP contribution in [0.2, 0.25) is 0 Å². The smallest absolute Gasteiger partial charge is 0.189 e. The predicted octanol–water partition coefficient (Wildman–Crippen LogP) is 4.45. The molecule has 4 rings (SSSR count). The van der Waals surface area contributed by atoms with Crippen molar-refractivity contribution in [2.45, 2.75) is 33.2 Å². The minimum atomic E-state index is -0.223. The molecular formula is C23H25N3O. The lowest BCUT2D eigenvalue weighted by molar-refractivity contribution is 0.0859. The number of rotatable bonds is 3. The molecule has 2 aromatic carbocycles. The Morgan fingerprint density at radius 3 is 2.26 bits per heavy atom. The maximum Gasteiger partial charge on any atom is 0.189 e. The second-order valence-corrected chi connectivity index (χ2v) is 8.03. The van der Waals surface area contributed by atoms with Crippen molar-refractivity contribution in [2.75, 3.05) is 11.9 Å². The van der Waals surface area contributed by atoms with Crippen molar-refractivity contribution in [3.63, 3.8) is 0 Å². The SMILES string of the molecule is Cc1nn(-c2ccccc2)c2c1C(=O)C(N(C)c1ccccc1)C(C)(C)C2. The van der Waals surface area contributed by atoms with Gasteiger partial charge in [-0.25, -0.2) is 4.68 Å². The number of fused-ring (bicyclic) bond motifs is 1. The van der Waals surface area contributed by atoms with Crippen LogP contribution in [0, 0.1) is 12.3 Å². The van der Waals surface area contributed by atoms with Crippen LogP contribution in [0.25, 0.3) is 5.69 Å². The minimum absolute atomic E-state index is 0.160. The van der Waals surface area contributed by atoms with Crippen molar-refractivity contribution in [3.8, 4) is 5.69 Å². The molecule has 4 nitrogen and oxygen atoms in total. The summed E-state index contributed by atoms with van der Waals surface area (Å²) in [6, 6.07) is 20.0. The first-order chi connectivity index (χ1) is 12.9. The average Bonchev–Trinajstić information content (AvgIpc) is 2.98. The fourth-order valence-corrected chi connectivity index (χ4v) is 4.37. The first-order valence-corrected chi connectivity index (χ1v) is 9.36. The van der Waals surface area contributed by atoms with Gasteiger partial charge in [0.25, 0.3) is 0 Å². The molecule has 0 radical (unpaired) electrons. The Balaban J connectivity index is 1.82. The lowest BCUT2D eigenvalue weighted by Crippen LogP contribution is -2.53. The van der Waals surface area contributed by atoms with Gasteiger partial charge >= 0.3 is 0 Å². The van der Waals surface area contributed by atoms with Gasteiger partial charge in [-0.15, -0.1) is 0 Å². The van der Waals surface area contributed by atoms with Crippen molar-refractivity contribution in [3.05, 3.63) is 77.6 Å². The van der Waals surface area contributed by atoms with Gasteiger partial charge in [0.1, 0.15) is 0 Å². The molecule has 4 heteroatoms. The second kappa shape index (κ2) is 6.38. The topological polar surface area (TPSA) is 38.1 Å². The van der Waals surface area contributed by atoms with Gasteiger partial charge in [0, 0.05) is 12.7 Å². The summed E-state index contributed by atoms with van der Waals surface area (Å²) >= 11 is 0. The van der Waals surface area contributed by atoms with Gasteiger partial charge in [-0.05, 0) is 43.0 Å². The molecule has 1 unspecified atom stereocenters. The number of Topliss-reactive ketones (excluding diaryl/α,β-unsaturated/α-hetero) is 1. The molecule has 1 aliphatic rings. The average molecular weight is 359 g/mol. The molecule has 0 amide bonds. The van der Waals surface area contributed by atoms with E-state index in [1.54, 1.807) is 0 Å². The third-order valence-corrected chi connectivity index (χ3v) is 5.57. The number of carbonyl (C=O) groups excluding carboxylic acids is 1. The van der Waals surface area contributed by atoms with E-state index in [0.29, 0.717) is 0 Å². The molecule has 27 heavy (non-hydrogen) atoms. The quantitative estimate of drug-likeness (QED) is 0.693. The largest absolute Gasteiger partial charge is 0.364 e. The van der Waals surface area contributed by atoms with E-state index in [9.17, 15) is 4.79 Å². The van der Waals surface area contributed by atoms with Crippen LogP contribution in [-0.4, -0.2) is 28.7 Å². The Morgan fingerprint density at radius 1 is 1.04 bits per heavy atom. The number of hydrogen-bond acceptors (Lipinski definition) is 3. The second-order valence-electron chi connectivity index (χ2n) is 8.03. The molecule has 3 aromatic rings. The van der Waals surface area contributed by atoms with Crippen LogP contribution >= 0.6 is 0 Å². The standard InChI is InChI=1S/C23H25N3O/c1-16-20-19(26(24-16)18-13-9-6-10-14-18)15-23(2,3)22(21(20)27)25(4)17-11-7-5-8-12-17/h5-14,22H,15H2,1-4H3. The molecule has 0 N–H and O–H groups in total. The Bertz CT molecular complexity index is 974. The molecule has 1 heterocycles. The summed E-state index contributed by atoms with van der Waals surface area (Å²) in [6.07, 6.45) is 0.797. The molecular weight excluding hydrogens is 334 g/mol. The molecule has 0 bridgehead atoms. The Labute approximate surface area is 160 Å². The molecule has 1 aliphatic carbocycles. The number of aromatic nitrogens is 2. The van der Waals surface area contributed by atoms with Crippen molar-refractivity contribution >= 4 is 11.5 Å². The fourth-order valence-electron chi connectivity index (χ4n) is 4.37. The van der Waals surface area contributed by atoms with E-state index in [2.05, 4.69) is 30.9 Å². The van der Waals surface area contributed by atoms with Crippen LogP contribution in [0.4, 0.5) is 5.69 Å². The number of benzene rings is 2. The number of nitrogens with zero attached hydrogens (tertiary/aromatic N) is 3. The maximum atomic E-state index is 13.6. The molecule has 0 spiro atoms. The lowest BCUT2D eigenvalue weighted by atomic mass is 9.70. The zero-order valence-corrected chi connectivity index (χ0v) is 16.3. The Hall–Kier alpha value is -2.88. The normalized spacial score (nSPS) is 18.2. The number of hydrogen-bond donors (Lipinski definition) is 0. The third-order valence-electron chi connectivity index (χ3n) is 5.57. The first kappa shape index (κ1) is 17.5. The lowest BCUT2D eigenvalue weighted by Gasteiger charge is -2.43. The highest BCUT2D eigenvalue weighted by atomic mass is 16.1. The van der Waals surface area contributed by atoms with Crippen molar-refractivity contribution < 1.29 is 4.79 Å². The van der Waals surface area contributed by atoms with Crippen LogP contribution in [0.1, 0.15) is 35.6 Å². The molecule has 0 saturated carbocycles. The number of ketones is 1. The van der Waals surface area contributed by atoms with Gasteiger partial charge in [0.15, 0.2) is 5.78 Å². The van der Waals surface area contributed by atoms with E-state index in [-0.39, 0.29) is 17.2 Å². The van der Waals surface area contributed by atoms with Crippen LogP contribution < -0.4 is 4.90 Å². The number of para-hydroxylation sites is 2. The van der Waals surface area contributed by atoms with Gasteiger partial charge in [0.2, 0.25) is 0 Å². The van der Waals surface area contributed by atoms with Crippen molar-refractivity contribution in [1.82, 2.24) is 9.78 Å². The minimum Gasteiger partial charge on any atom is -0.364 e. The van der Waals surface area contributed by atoms with Crippen LogP contribution in [-0.2, 0) is 6.42 Å². The van der Waals surface area contributed by atoms with E-state index in [1.165, 1.54) is 0 Å². The summed E-state index contributed by atoms with van der Waals surface area (Å²) < 4.78 is 1.95. The Morgan fingerprint density at radius 2 is 1.63 bits per heavy atom. The van der Waals surface area contributed by atoms with Gasteiger partial charge in [0.05, 0.1) is 28.7 Å². The summed E-state index contributed by atoms with van der Waals surface area (Å²) in [7, 11) is 2.02.